The van der Waals surface area contributed by atoms with Gasteiger partial charge in [0.2, 0.25) is 0 Å². The molecule has 8 heteroatoms. The fraction of sp³-hybridized carbons (Fsp3) is 0.520. The Morgan fingerprint density at radius 1 is 1.00 bits per heavy atom. The van der Waals surface area contributed by atoms with Crippen molar-refractivity contribution in [3.8, 4) is 11.5 Å². The summed E-state index contributed by atoms with van der Waals surface area (Å²) in [5.74, 6) is 1.64. The van der Waals surface area contributed by atoms with Gasteiger partial charge in [-0.15, -0.1) is 11.6 Å². The van der Waals surface area contributed by atoms with Gasteiger partial charge in [-0.1, -0.05) is 32.0 Å². The maximum Gasteiger partial charge on any atom is 0.132 e. The molecule has 0 spiro atoms. The lowest BCUT2D eigenvalue weighted by Crippen LogP contribution is -2.47. The maximum absolute atomic E-state index is 10.3. The van der Waals surface area contributed by atoms with E-state index in [4.69, 9.17) is 21.1 Å². The summed E-state index contributed by atoms with van der Waals surface area (Å²) in [6.07, 6.45) is -1.19. The van der Waals surface area contributed by atoms with E-state index in [-0.39, 0.29) is 24.5 Å². The largest absolute Gasteiger partial charge is 0.491 e. The smallest absolute Gasteiger partial charge is 0.132 e. The Morgan fingerprint density at radius 2 is 1.64 bits per heavy atom. The van der Waals surface area contributed by atoms with Gasteiger partial charge in [-0.05, 0) is 58.0 Å². The first kappa shape index (κ1) is 26.5. The zero-order valence-corrected chi connectivity index (χ0v) is 22.2. The lowest BCUT2D eigenvalue weighted by Gasteiger charge is -2.29. The van der Waals surface area contributed by atoms with Crippen LogP contribution in [0.5, 0.6) is 11.5 Å². The topological polar surface area (TPSA) is 74.2 Å². The number of nitrogens with one attached hydrogen (secondary N) is 1. The highest BCUT2D eigenvalue weighted by Crippen LogP contribution is 2.35. The summed E-state index contributed by atoms with van der Waals surface area (Å²) in [6, 6.07) is 14.2. The number of β-amino-alcohol motifs (C(OH)–C–C–N with tert-alkyl or cyclic N) is 1. The molecule has 0 bridgehead atoms. The zero-order chi connectivity index (χ0) is 23.8. The van der Waals surface area contributed by atoms with Crippen molar-refractivity contribution in [1.29, 1.82) is 0 Å². The summed E-state index contributed by atoms with van der Waals surface area (Å²) in [6.45, 7) is 9.32. The molecule has 6 nitrogen and oxygen atoms in total. The van der Waals surface area contributed by atoms with Crippen molar-refractivity contribution in [3.63, 3.8) is 0 Å². The molecule has 1 heterocycles. The van der Waals surface area contributed by atoms with Crippen molar-refractivity contribution in [1.82, 2.24) is 10.2 Å². The van der Waals surface area contributed by atoms with Crippen LogP contribution in [0.25, 0.3) is 0 Å². The van der Waals surface area contributed by atoms with Crippen molar-refractivity contribution >= 4 is 34.2 Å². The van der Waals surface area contributed by atoms with Crippen LogP contribution in [0.4, 0.5) is 0 Å². The first-order chi connectivity index (χ1) is 15.8. The highest BCUT2D eigenvalue weighted by molar-refractivity contribution is 14.1. The molecule has 3 rings (SSSR count). The number of benzene rings is 2. The number of nitrogens with zero attached hydrogens (tertiary/aromatic N) is 1. The van der Waals surface area contributed by atoms with Crippen molar-refractivity contribution in [2.75, 3.05) is 51.8 Å². The third kappa shape index (κ3) is 7.70. The average Bonchev–Trinajstić information content (AvgIpc) is 2.82. The molecule has 0 radical (unpaired) electrons. The van der Waals surface area contributed by atoms with Crippen molar-refractivity contribution in [2.45, 2.75) is 31.5 Å². The van der Waals surface area contributed by atoms with Crippen molar-refractivity contribution in [3.05, 3.63) is 57.2 Å². The molecule has 0 aromatic heterocycles. The fourth-order valence-electron chi connectivity index (χ4n) is 3.81. The van der Waals surface area contributed by atoms with Gasteiger partial charge in [-0.2, -0.15) is 0 Å². The van der Waals surface area contributed by atoms with Crippen LogP contribution in [0.2, 0.25) is 0 Å². The lowest BCUT2D eigenvalue weighted by molar-refractivity contribution is 0.0641. The summed E-state index contributed by atoms with van der Waals surface area (Å²) in [4.78, 5) is 2.26. The Morgan fingerprint density at radius 3 is 2.27 bits per heavy atom. The number of hydrogen-bond donors (Lipinski definition) is 3. The van der Waals surface area contributed by atoms with E-state index in [1.807, 2.05) is 18.2 Å². The minimum absolute atomic E-state index is 0.149. The van der Waals surface area contributed by atoms with E-state index in [2.05, 4.69) is 70.9 Å². The van der Waals surface area contributed by atoms with E-state index in [1.165, 1.54) is 5.56 Å². The molecule has 1 saturated heterocycles. The summed E-state index contributed by atoms with van der Waals surface area (Å²) in [5, 5.41) is 23.2. The SMILES string of the molecule is CC(C)(c1ccc(OC[C@@H](O)CN2CCNCC2)cc1)c1ccc(OC[C@@H](O)CCl)c(I)c1. The van der Waals surface area contributed by atoms with E-state index in [9.17, 15) is 10.2 Å². The maximum atomic E-state index is 10.3. The van der Waals surface area contributed by atoms with Gasteiger partial charge >= 0.3 is 0 Å². The molecule has 0 unspecified atom stereocenters. The summed E-state index contributed by atoms with van der Waals surface area (Å²) in [5.41, 5.74) is 2.12. The van der Waals surface area contributed by atoms with Gasteiger partial charge in [-0.25, -0.2) is 0 Å². The van der Waals surface area contributed by atoms with Gasteiger partial charge in [0.25, 0.3) is 0 Å². The van der Waals surface area contributed by atoms with Gasteiger partial charge in [0, 0.05) is 38.1 Å². The first-order valence-corrected chi connectivity index (χ1v) is 12.9. The minimum atomic E-state index is -0.678. The summed E-state index contributed by atoms with van der Waals surface area (Å²) in [7, 11) is 0. The number of rotatable bonds is 11. The van der Waals surface area contributed by atoms with E-state index in [0.29, 0.717) is 6.54 Å². The average molecular weight is 589 g/mol. The number of aliphatic hydroxyl groups excluding tert-OH is 2. The predicted molar refractivity (Wildman–Crippen MR) is 141 cm³/mol. The standard InChI is InChI=1S/C25H34ClIN2O4/c1-25(2,19-5-8-24(23(27)13-19)33-16-20(30)14-26)18-3-6-22(7-4-18)32-17-21(31)15-29-11-9-28-10-12-29/h3-8,13,20-21,28,30-31H,9-12,14-17H2,1-2H3/t20-,21-/m0/s1. The van der Waals surface area contributed by atoms with Crippen LogP contribution >= 0.6 is 34.2 Å². The second-order valence-corrected chi connectivity index (χ2v) is 10.4. The fourth-order valence-corrected chi connectivity index (χ4v) is 4.57. The molecule has 0 amide bonds. The van der Waals surface area contributed by atoms with Crippen LogP contribution in [0.1, 0.15) is 25.0 Å². The Kier molecular flexibility index (Phi) is 10.1. The number of halogens is 2. The van der Waals surface area contributed by atoms with Crippen LogP contribution in [-0.4, -0.2) is 79.1 Å². The molecule has 182 valence electrons. The molecule has 1 fully saturated rings. The van der Waals surface area contributed by atoms with Gasteiger partial charge in [0.05, 0.1) is 9.45 Å². The summed E-state index contributed by atoms with van der Waals surface area (Å²) < 4.78 is 12.5. The second-order valence-electron chi connectivity index (χ2n) is 8.93. The minimum Gasteiger partial charge on any atom is -0.491 e. The van der Waals surface area contributed by atoms with Gasteiger partial charge in [0.15, 0.2) is 0 Å². The lowest BCUT2D eigenvalue weighted by atomic mass is 9.78. The zero-order valence-electron chi connectivity index (χ0n) is 19.3. The quantitative estimate of drug-likeness (QED) is 0.277. The normalized spacial score (nSPS) is 16.9. The van der Waals surface area contributed by atoms with Gasteiger partial charge in [0.1, 0.15) is 36.9 Å². The second kappa shape index (κ2) is 12.6. The van der Waals surface area contributed by atoms with Crippen LogP contribution in [0.3, 0.4) is 0 Å². The Labute approximate surface area is 215 Å². The molecule has 33 heavy (non-hydrogen) atoms. The number of hydrogen-bond acceptors (Lipinski definition) is 6. The predicted octanol–water partition coefficient (Wildman–Crippen LogP) is 3.24. The van der Waals surface area contributed by atoms with Crippen LogP contribution < -0.4 is 14.8 Å². The molecule has 2 atom stereocenters. The monoisotopic (exact) mass is 588 g/mol. The van der Waals surface area contributed by atoms with Gasteiger partial charge in [-0.3, -0.25) is 4.90 Å². The number of ether oxygens (including phenoxy) is 2. The van der Waals surface area contributed by atoms with Crippen LogP contribution in [0.15, 0.2) is 42.5 Å². The Hall–Kier alpha value is -1.10. The molecule has 3 N–H and O–H groups in total. The molecular weight excluding hydrogens is 555 g/mol. The molecule has 2 aromatic carbocycles. The molecule has 1 aliphatic heterocycles. The van der Waals surface area contributed by atoms with Crippen molar-refractivity contribution < 1.29 is 19.7 Å². The number of alkyl halides is 1. The number of aliphatic hydroxyl groups is 2. The van der Waals surface area contributed by atoms with Gasteiger partial charge < -0.3 is 25.0 Å². The molecule has 0 aliphatic carbocycles. The van der Waals surface area contributed by atoms with E-state index in [1.54, 1.807) is 0 Å². The third-order valence-corrected chi connectivity index (χ3v) is 7.16. The Bertz CT molecular complexity index is 875. The van der Waals surface area contributed by atoms with Crippen molar-refractivity contribution in [2.24, 2.45) is 0 Å². The van der Waals surface area contributed by atoms with Crippen LogP contribution in [0, 0.1) is 3.57 Å². The van der Waals surface area contributed by atoms with Crippen LogP contribution in [-0.2, 0) is 5.41 Å². The highest BCUT2D eigenvalue weighted by atomic mass is 127. The van der Waals surface area contributed by atoms with E-state index >= 15 is 0 Å². The molecule has 2 aromatic rings. The van der Waals surface area contributed by atoms with E-state index in [0.717, 1.165) is 46.8 Å². The molecule has 1 aliphatic rings. The Balaban J connectivity index is 1.57. The van der Waals surface area contributed by atoms with E-state index < -0.39 is 12.2 Å². The summed E-state index contributed by atoms with van der Waals surface area (Å²) >= 11 is 7.90. The highest BCUT2D eigenvalue weighted by Gasteiger charge is 2.24. The first-order valence-electron chi connectivity index (χ1n) is 11.3. The molecular formula is C25H34ClIN2O4. The third-order valence-electron chi connectivity index (χ3n) is 5.96. The number of piperazine rings is 1. The molecule has 0 saturated carbocycles.